The van der Waals surface area contributed by atoms with Gasteiger partial charge < -0.3 is 10.0 Å². The Morgan fingerprint density at radius 2 is 1.91 bits per heavy atom. The van der Waals surface area contributed by atoms with E-state index in [9.17, 15) is 19.1 Å². The second kappa shape index (κ2) is 6.20. The molecule has 0 radical (unpaired) electrons. The normalized spacial score (nSPS) is 18.0. The van der Waals surface area contributed by atoms with Gasteiger partial charge in [0.15, 0.2) is 5.69 Å². The van der Waals surface area contributed by atoms with Crippen LogP contribution in [0.2, 0.25) is 0 Å². The first-order valence-electron chi connectivity index (χ1n) is 7.41. The second-order valence-corrected chi connectivity index (χ2v) is 5.47. The maximum Gasteiger partial charge on any atom is 0.326 e. The van der Waals surface area contributed by atoms with Crippen LogP contribution in [0.25, 0.3) is 5.69 Å². The maximum absolute atomic E-state index is 13.0. The van der Waals surface area contributed by atoms with E-state index in [4.69, 9.17) is 0 Å². The Hall–Kier alpha value is -2.70. The van der Waals surface area contributed by atoms with E-state index in [1.165, 1.54) is 21.7 Å². The van der Waals surface area contributed by atoms with Crippen molar-refractivity contribution in [2.45, 2.75) is 25.3 Å². The van der Waals surface area contributed by atoms with Gasteiger partial charge >= 0.3 is 5.97 Å². The van der Waals surface area contributed by atoms with E-state index in [1.54, 1.807) is 24.4 Å². The zero-order valence-electron chi connectivity index (χ0n) is 12.4. The highest BCUT2D eigenvalue weighted by atomic mass is 19.1. The van der Waals surface area contributed by atoms with Crippen molar-refractivity contribution in [1.82, 2.24) is 14.7 Å². The molecule has 6 nitrogen and oxygen atoms in total. The van der Waals surface area contributed by atoms with Crippen LogP contribution in [0.15, 0.2) is 36.5 Å². The van der Waals surface area contributed by atoms with Crippen LogP contribution in [0.1, 0.15) is 29.8 Å². The van der Waals surface area contributed by atoms with Gasteiger partial charge in [-0.15, -0.1) is 0 Å². The Bertz CT molecular complexity index is 726. The number of carbonyl (C=O) groups is 2. The van der Waals surface area contributed by atoms with Gasteiger partial charge in [0, 0.05) is 12.7 Å². The SMILES string of the molecule is O=C(O)C1CCCCN1C(=O)c1ccn(-c2ccc(F)cc2)n1. The third kappa shape index (κ3) is 3.08. The number of aliphatic carboxylic acids is 1. The van der Waals surface area contributed by atoms with Crippen molar-refractivity contribution in [2.75, 3.05) is 6.54 Å². The summed E-state index contributed by atoms with van der Waals surface area (Å²) >= 11 is 0. The van der Waals surface area contributed by atoms with Crippen LogP contribution in [0.5, 0.6) is 0 Å². The largest absolute Gasteiger partial charge is 0.480 e. The number of piperidine rings is 1. The van der Waals surface area contributed by atoms with Crippen molar-refractivity contribution < 1.29 is 19.1 Å². The minimum atomic E-state index is -0.990. The average molecular weight is 317 g/mol. The molecule has 2 aromatic rings. The van der Waals surface area contributed by atoms with Gasteiger partial charge in [0.05, 0.1) is 5.69 Å². The van der Waals surface area contributed by atoms with Crippen molar-refractivity contribution in [3.63, 3.8) is 0 Å². The Morgan fingerprint density at radius 1 is 1.17 bits per heavy atom. The number of carboxylic acid groups (broad SMARTS) is 1. The molecule has 1 unspecified atom stereocenters. The lowest BCUT2D eigenvalue weighted by Crippen LogP contribution is -2.48. The number of carboxylic acids is 1. The van der Waals surface area contributed by atoms with Crippen molar-refractivity contribution in [3.05, 3.63) is 48.0 Å². The van der Waals surface area contributed by atoms with E-state index in [0.717, 1.165) is 12.8 Å². The number of halogens is 1. The summed E-state index contributed by atoms with van der Waals surface area (Å²) in [6.45, 7) is 0.416. The fourth-order valence-electron chi connectivity index (χ4n) is 2.75. The average Bonchev–Trinajstić information content (AvgIpc) is 3.04. The fourth-order valence-corrected chi connectivity index (χ4v) is 2.75. The zero-order valence-corrected chi connectivity index (χ0v) is 12.4. The predicted molar refractivity (Wildman–Crippen MR) is 79.8 cm³/mol. The molecule has 23 heavy (non-hydrogen) atoms. The van der Waals surface area contributed by atoms with E-state index in [2.05, 4.69) is 5.10 Å². The van der Waals surface area contributed by atoms with Crippen molar-refractivity contribution in [2.24, 2.45) is 0 Å². The number of likely N-dealkylation sites (tertiary alicyclic amines) is 1. The van der Waals surface area contributed by atoms with E-state index >= 15 is 0 Å². The lowest BCUT2D eigenvalue weighted by Gasteiger charge is -2.32. The Balaban J connectivity index is 1.83. The van der Waals surface area contributed by atoms with Gasteiger partial charge in [-0.2, -0.15) is 5.10 Å². The Morgan fingerprint density at radius 3 is 2.61 bits per heavy atom. The summed E-state index contributed by atoms with van der Waals surface area (Å²) in [7, 11) is 0. The lowest BCUT2D eigenvalue weighted by atomic mass is 10.0. The highest BCUT2D eigenvalue weighted by Crippen LogP contribution is 2.20. The number of hydrogen-bond donors (Lipinski definition) is 1. The van der Waals surface area contributed by atoms with Crippen LogP contribution in [-0.2, 0) is 4.79 Å². The highest BCUT2D eigenvalue weighted by molar-refractivity contribution is 5.95. The summed E-state index contributed by atoms with van der Waals surface area (Å²) in [5.41, 5.74) is 0.807. The molecule has 0 saturated carbocycles. The summed E-state index contributed by atoms with van der Waals surface area (Å²) in [6, 6.07) is 6.47. The number of nitrogens with zero attached hydrogens (tertiary/aromatic N) is 3. The molecule has 1 aromatic heterocycles. The van der Waals surface area contributed by atoms with Crippen LogP contribution in [0.4, 0.5) is 4.39 Å². The van der Waals surface area contributed by atoms with E-state index in [-0.39, 0.29) is 11.5 Å². The standard InChI is InChI=1S/C16H16FN3O3/c17-11-4-6-12(7-5-11)20-10-8-13(18-20)15(21)19-9-2-1-3-14(19)16(22)23/h4-8,10,14H,1-3,9H2,(H,22,23). The molecule has 1 atom stereocenters. The van der Waals surface area contributed by atoms with E-state index in [0.29, 0.717) is 18.7 Å². The third-order valence-electron chi connectivity index (χ3n) is 3.95. The molecule has 1 aliphatic rings. The molecule has 0 aliphatic carbocycles. The number of hydrogen-bond acceptors (Lipinski definition) is 3. The molecular weight excluding hydrogens is 301 g/mol. The van der Waals surface area contributed by atoms with Crippen LogP contribution in [0, 0.1) is 5.82 Å². The van der Waals surface area contributed by atoms with E-state index in [1.807, 2.05) is 0 Å². The quantitative estimate of drug-likeness (QED) is 0.940. The minimum absolute atomic E-state index is 0.183. The minimum Gasteiger partial charge on any atom is -0.480 e. The molecule has 1 saturated heterocycles. The molecular formula is C16H16FN3O3. The van der Waals surface area contributed by atoms with Gasteiger partial charge in [0.1, 0.15) is 11.9 Å². The lowest BCUT2D eigenvalue weighted by molar-refractivity contribution is -0.143. The molecule has 7 heteroatoms. The number of benzene rings is 1. The highest BCUT2D eigenvalue weighted by Gasteiger charge is 2.33. The van der Waals surface area contributed by atoms with Gasteiger partial charge in [-0.3, -0.25) is 4.79 Å². The molecule has 0 spiro atoms. The summed E-state index contributed by atoms with van der Waals surface area (Å²) in [5, 5.41) is 13.4. The number of rotatable bonds is 3. The summed E-state index contributed by atoms with van der Waals surface area (Å²) < 4.78 is 14.4. The van der Waals surface area contributed by atoms with Crippen molar-refractivity contribution in [3.8, 4) is 5.69 Å². The zero-order chi connectivity index (χ0) is 16.4. The van der Waals surface area contributed by atoms with Gasteiger partial charge in [0.25, 0.3) is 5.91 Å². The first-order valence-corrected chi connectivity index (χ1v) is 7.41. The summed E-state index contributed by atoms with van der Waals surface area (Å²) in [6.07, 6.45) is 3.64. The monoisotopic (exact) mass is 317 g/mol. The van der Waals surface area contributed by atoms with Gasteiger partial charge in [-0.25, -0.2) is 13.9 Å². The van der Waals surface area contributed by atoms with Gasteiger partial charge in [-0.05, 0) is 49.6 Å². The van der Waals surface area contributed by atoms with Crippen LogP contribution in [0.3, 0.4) is 0 Å². The number of amides is 1. The molecule has 1 aliphatic heterocycles. The van der Waals surface area contributed by atoms with Gasteiger partial charge in [0.2, 0.25) is 0 Å². The fraction of sp³-hybridized carbons (Fsp3) is 0.312. The topological polar surface area (TPSA) is 75.4 Å². The van der Waals surface area contributed by atoms with Crippen LogP contribution < -0.4 is 0 Å². The second-order valence-electron chi connectivity index (χ2n) is 5.47. The molecule has 3 rings (SSSR count). The molecule has 1 amide bonds. The maximum atomic E-state index is 13.0. The predicted octanol–water partition coefficient (Wildman–Crippen LogP) is 2.09. The molecule has 1 fully saturated rings. The first-order chi connectivity index (χ1) is 11.1. The Labute approximate surface area is 132 Å². The third-order valence-corrected chi connectivity index (χ3v) is 3.95. The van der Waals surface area contributed by atoms with Crippen LogP contribution in [-0.4, -0.2) is 44.3 Å². The van der Waals surface area contributed by atoms with Crippen molar-refractivity contribution >= 4 is 11.9 Å². The first kappa shape index (κ1) is 15.2. The summed E-state index contributed by atoms with van der Waals surface area (Å²) in [5.74, 6) is -1.73. The van der Waals surface area contributed by atoms with Crippen molar-refractivity contribution in [1.29, 1.82) is 0 Å². The number of aromatic nitrogens is 2. The number of carbonyl (C=O) groups excluding carboxylic acids is 1. The molecule has 2 heterocycles. The molecule has 1 aromatic carbocycles. The smallest absolute Gasteiger partial charge is 0.326 e. The van der Waals surface area contributed by atoms with E-state index < -0.39 is 17.9 Å². The molecule has 0 bridgehead atoms. The molecule has 120 valence electrons. The van der Waals surface area contributed by atoms with Crippen LogP contribution >= 0.6 is 0 Å². The van der Waals surface area contributed by atoms with Gasteiger partial charge in [-0.1, -0.05) is 0 Å². The summed E-state index contributed by atoms with van der Waals surface area (Å²) in [4.78, 5) is 25.2. The Kier molecular flexibility index (Phi) is 4.10. The molecule has 1 N–H and O–H groups in total.